The summed E-state index contributed by atoms with van der Waals surface area (Å²) in [5.41, 5.74) is 0.678. The molecule has 0 unspecified atom stereocenters. The summed E-state index contributed by atoms with van der Waals surface area (Å²) in [6.07, 6.45) is 1.33. The van der Waals surface area contributed by atoms with Gasteiger partial charge in [0.15, 0.2) is 0 Å². The third-order valence-electron chi connectivity index (χ3n) is 1.30. The molecule has 0 saturated heterocycles. The van der Waals surface area contributed by atoms with Crippen LogP contribution in [0, 0.1) is 0 Å². The largest absolute Gasteiger partial charge is 0.378 e. The molecule has 0 aliphatic carbocycles. The van der Waals surface area contributed by atoms with Crippen LogP contribution in [0.2, 0.25) is 0 Å². The van der Waals surface area contributed by atoms with Crippen molar-refractivity contribution in [1.82, 2.24) is 4.98 Å². The summed E-state index contributed by atoms with van der Waals surface area (Å²) in [4.78, 5) is 2.79. The van der Waals surface area contributed by atoms with E-state index in [2.05, 4.69) is 4.98 Å². The molecule has 0 atom stereocenters. The maximum atomic E-state index is 10.8. The predicted octanol–water partition coefficient (Wildman–Crippen LogP) is 1.09. The third kappa shape index (κ3) is 2.23. The van der Waals surface area contributed by atoms with E-state index in [0.717, 1.165) is 0 Å². The molecule has 1 aromatic rings. The first-order valence-corrected chi connectivity index (χ1v) is 5.46. The van der Waals surface area contributed by atoms with E-state index in [1.165, 1.54) is 19.4 Å². The number of methoxy groups -OCH3 is 1. The highest BCUT2D eigenvalue weighted by molar-refractivity contribution is 8.13. The van der Waals surface area contributed by atoms with Gasteiger partial charge in [-0.15, -0.1) is 0 Å². The predicted molar refractivity (Wildman–Crippen MR) is 44.5 cm³/mol. The van der Waals surface area contributed by atoms with Crippen LogP contribution in [0.5, 0.6) is 0 Å². The zero-order chi connectivity index (χ0) is 9.19. The van der Waals surface area contributed by atoms with Crippen molar-refractivity contribution in [2.75, 3.05) is 7.11 Å². The minimum atomic E-state index is -3.61. The molecule has 1 heterocycles. The van der Waals surface area contributed by atoms with Crippen LogP contribution in [0.4, 0.5) is 0 Å². The van der Waals surface area contributed by atoms with Crippen molar-refractivity contribution >= 4 is 19.7 Å². The summed E-state index contributed by atoms with van der Waals surface area (Å²) >= 11 is 0. The van der Waals surface area contributed by atoms with Crippen LogP contribution in [-0.2, 0) is 20.4 Å². The lowest BCUT2D eigenvalue weighted by Crippen LogP contribution is -1.87. The lowest BCUT2D eigenvalue weighted by Gasteiger charge is -1.91. The molecule has 1 N–H and O–H groups in total. The van der Waals surface area contributed by atoms with Crippen molar-refractivity contribution in [2.45, 2.75) is 11.5 Å². The molecule has 0 radical (unpaired) electrons. The summed E-state index contributed by atoms with van der Waals surface area (Å²) in [6.45, 7) is 0.340. The number of aromatic amines is 1. The lowest BCUT2D eigenvalue weighted by atomic mass is 10.5. The maximum Gasteiger partial charge on any atom is 0.262 e. The second-order valence-electron chi connectivity index (χ2n) is 2.23. The molecular formula is C6H8ClNO3S. The first kappa shape index (κ1) is 9.57. The van der Waals surface area contributed by atoms with Crippen molar-refractivity contribution in [3.63, 3.8) is 0 Å². The fraction of sp³-hybridized carbons (Fsp3) is 0.333. The number of halogens is 1. The molecule has 1 aromatic heterocycles. The Morgan fingerprint density at radius 2 is 2.33 bits per heavy atom. The average Bonchev–Trinajstić information content (AvgIpc) is 2.35. The molecule has 0 aliphatic rings. The summed E-state index contributed by atoms with van der Waals surface area (Å²) in [7, 11) is 2.99. The number of hydrogen-bond acceptors (Lipinski definition) is 3. The Labute approximate surface area is 74.9 Å². The summed E-state index contributed by atoms with van der Waals surface area (Å²) in [5.74, 6) is 0. The van der Waals surface area contributed by atoms with Crippen LogP contribution in [0.1, 0.15) is 5.69 Å². The Morgan fingerprint density at radius 1 is 1.67 bits per heavy atom. The van der Waals surface area contributed by atoms with Gasteiger partial charge in [0.1, 0.15) is 4.90 Å². The van der Waals surface area contributed by atoms with Gasteiger partial charge < -0.3 is 9.72 Å². The number of rotatable bonds is 3. The van der Waals surface area contributed by atoms with Crippen LogP contribution in [0.25, 0.3) is 0 Å². The van der Waals surface area contributed by atoms with E-state index < -0.39 is 9.05 Å². The first-order valence-electron chi connectivity index (χ1n) is 3.15. The number of aromatic nitrogens is 1. The van der Waals surface area contributed by atoms with Crippen molar-refractivity contribution in [2.24, 2.45) is 0 Å². The van der Waals surface area contributed by atoms with Gasteiger partial charge in [0.2, 0.25) is 0 Å². The van der Waals surface area contributed by atoms with Gasteiger partial charge in [0, 0.05) is 29.7 Å². The molecule has 0 saturated carbocycles. The van der Waals surface area contributed by atoms with Gasteiger partial charge in [0.25, 0.3) is 9.05 Å². The van der Waals surface area contributed by atoms with Gasteiger partial charge in [-0.3, -0.25) is 0 Å². The SMILES string of the molecule is COCc1cc(S(=O)(=O)Cl)c[nH]1. The molecule has 6 heteroatoms. The number of hydrogen-bond donors (Lipinski definition) is 1. The fourth-order valence-electron chi connectivity index (χ4n) is 0.798. The van der Waals surface area contributed by atoms with E-state index in [1.807, 2.05) is 0 Å². The standard InChI is InChI=1S/C6H8ClNO3S/c1-11-4-5-2-6(3-8-5)12(7,9)10/h2-3,8H,4H2,1H3. The molecule has 68 valence electrons. The zero-order valence-electron chi connectivity index (χ0n) is 6.37. The molecular weight excluding hydrogens is 202 g/mol. The summed E-state index contributed by atoms with van der Waals surface area (Å²) < 4.78 is 26.3. The number of H-pyrrole nitrogens is 1. The van der Waals surface area contributed by atoms with E-state index in [1.54, 1.807) is 0 Å². The monoisotopic (exact) mass is 209 g/mol. The van der Waals surface area contributed by atoms with Gasteiger partial charge in [0.05, 0.1) is 6.61 Å². The fourth-order valence-corrected chi connectivity index (χ4v) is 1.55. The second-order valence-corrected chi connectivity index (χ2v) is 4.80. The van der Waals surface area contributed by atoms with E-state index in [4.69, 9.17) is 15.4 Å². The Bertz CT molecular complexity index is 357. The average molecular weight is 210 g/mol. The van der Waals surface area contributed by atoms with E-state index >= 15 is 0 Å². The Morgan fingerprint density at radius 3 is 2.75 bits per heavy atom. The Balaban J connectivity index is 2.92. The first-order chi connectivity index (χ1) is 5.54. The van der Waals surface area contributed by atoms with Crippen molar-refractivity contribution < 1.29 is 13.2 Å². The molecule has 0 aliphatic heterocycles. The molecule has 0 bridgehead atoms. The topological polar surface area (TPSA) is 59.2 Å². The molecule has 4 nitrogen and oxygen atoms in total. The normalized spacial score (nSPS) is 11.8. The summed E-state index contributed by atoms with van der Waals surface area (Å²) in [6, 6.07) is 1.44. The minimum absolute atomic E-state index is 0.0659. The quantitative estimate of drug-likeness (QED) is 0.759. The maximum absolute atomic E-state index is 10.8. The highest BCUT2D eigenvalue weighted by Crippen LogP contribution is 2.15. The third-order valence-corrected chi connectivity index (χ3v) is 2.63. The van der Waals surface area contributed by atoms with E-state index in [9.17, 15) is 8.42 Å². The van der Waals surface area contributed by atoms with Gasteiger partial charge in [-0.2, -0.15) is 0 Å². The molecule has 0 fully saturated rings. The van der Waals surface area contributed by atoms with E-state index in [-0.39, 0.29) is 4.90 Å². The van der Waals surface area contributed by atoms with Crippen LogP contribution in [0.3, 0.4) is 0 Å². The molecule has 1 rings (SSSR count). The lowest BCUT2D eigenvalue weighted by molar-refractivity contribution is 0.182. The van der Waals surface area contributed by atoms with Crippen LogP contribution >= 0.6 is 10.7 Å². The molecule has 0 spiro atoms. The smallest absolute Gasteiger partial charge is 0.262 e. The zero-order valence-corrected chi connectivity index (χ0v) is 7.95. The summed E-state index contributed by atoms with van der Waals surface area (Å²) in [5, 5.41) is 0. The Kier molecular flexibility index (Phi) is 2.76. The number of ether oxygens (including phenoxy) is 1. The van der Waals surface area contributed by atoms with E-state index in [0.29, 0.717) is 12.3 Å². The second kappa shape index (κ2) is 3.47. The van der Waals surface area contributed by atoms with Gasteiger partial charge >= 0.3 is 0 Å². The van der Waals surface area contributed by atoms with Crippen molar-refractivity contribution in [3.8, 4) is 0 Å². The Hall–Kier alpha value is -0.520. The van der Waals surface area contributed by atoms with Crippen LogP contribution in [-0.4, -0.2) is 20.5 Å². The van der Waals surface area contributed by atoms with Crippen molar-refractivity contribution in [1.29, 1.82) is 0 Å². The molecule has 0 amide bonds. The number of nitrogens with one attached hydrogen (secondary N) is 1. The highest BCUT2D eigenvalue weighted by Gasteiger charge is 2.11. The minimum Gasteiger partial charge on any atom is -0.378 e. The van der Waals surface area contributed by atoms with Crippen LogP contribution < -0.4 is 0 Å². The highest BCUT2D eigenvalue weighted by atomic mass is 35.7. The molecule has 0 aromatic carbocycles. The molecule has 12 heavy (non-hydrogen) atoms. The van der Waals surface area contributed by atoms with Gasteiger partial charge in [-0.1, -0.05) is 0 Å². The van der Waals surface area contributed by atoms with Crippen LogP contribution in [0.15, 0.2) is 17.2 Å². The van der Waals surface area contributed by atoms with Gasteiger partial charge in [-0.05, 0) is 6.07 Å². The van der Waals surface area contributed by atoms with Gasteiger partial charge in [-0.25, -0.2) is 8.42 Å². The van der Waals surface area contributed by atoms with Crippen molar-refractivity contribution in [3.05, 3.63) is 18.0 Å².